The van der Waals surface area contributed by atoms with E-state index in [0.717, 1.165) is 0 Å². The maximum absolute atomic E-state index is 13.4. The third-order valence-corrected chi connectivity index (χ3v) is 2.60. The van der Waals surface area contributed by atoms with E-state index in [1.54, 1.807) is 30.3 Å². The van der Waals surface area contributed by atoms with Crippen molar-refractivity contribution in [2.45, 2.75) is 0 Å². The number of ketones is 1. The van der Waals surface area contributed by atoms with Gasteiger partial charge in [-0.2, -0.15) is 0 Å². The number of benzene rings is 2. The second-order valence-corrected chi connectivity index (χ2v) is 3.84. The summed E-state index contributed by atoms with van der Waals surface area (Å²) in [6.07, 6.45) is 0. The molecule has 0 spiro atoms. The minimum absolute atomic E-state index is 0.0254. The number of hydrogen-bond donors (Lipinski definition) is 0. The van der Waals surface area contributed by atoms with Gasteiger partial charge in [0, 0.05) is 0 Å². The van der Waals surface area contributed by atoms with Crippen LogP contribution in [0.2, 0.25) is 0 Å². The van der Waals surface area contributed by atoms with E-state index in [1.165, 1.54) is 25.3 Å². The number of ether oxygens (including phenoxy) is 2. The lowest BCUT2D eigenvalue weighted by Gasteiger charge is -2.09. The standard InChI is InChI=1S/C15H13FO3/c1-18-14-8-4-5-9-15(14)19-10-13(17)11-6-2-3-7-12(11)16/h2-9H,10H2,1H3. The van der Waals surface area contributed by atoms with E-state index in [2.05, 4.69) is 0 Å². The van der Waals surface area contributed by atoms with E-state index >= 15 is 0 Å². The molecule has 0 aliphatic heterocycles. The molecule has 2 aromatic carbocycles. The minimum Gasteiger partial charge on any atom is -0.493 e. The third kappa shape index (κ3) is 3.10. The maximum Gasteiger partial charge on any atom is 0.203 e. The van der Waals surface area contributed by atoms with Crippen LogP contribution in [0.25, 0.3) is 0 Å². The summed E-state index contributed by atoms with van der Waals surface area (Å²) in [6, 6.07) is 12.8. The molecule has 0 saturated carbocycles. The van der Waals surface area contributed by atoms with Crippen molar-refractivity contribution in [2.75, 3.05) is 13.7 Å². The van der Waals surface area contributed by atoms with Gasteiger partial charge < -0.3 is 9.47 Å². The Morgan fingerprint density at radius 3 is 2.37 bits per heavy atom. The lowest BCUT2D eigenvalue weighted by Crippen LogP contribution is -2.13. The van der Waals surface area contributed by atoms with Gasteiger partial charge in [-0.15, -0.1) is 0 Å². The van der Waals surface area contributed by atoms with Gasteiger partial charge in [0.15, 0.2) is 18.1 Å². The van der Waals surface area contributed by atoms with Gasteiger partial charge in [0.25, 0.3) is 0 Å². The molecular formula is C15H13FO3. The van der Waals surface area contributed by atoms with Crippen molar-refractivity contribution >= 4 is 5.78 Å². The molecule has 98 valence electrons. The summed E-state index contributed by atoms with van der Waals surface area (Å²) in [7, 11) is 1.51. The first-order valence-corrected chi connectivity index (χ1v) is 5.76. The molecule has 0 bridgehead atoms. The van der Waals surface area contributed by atoms with Gasteiger partial charge in [0.1, 0.15) is 5.82 Å². The smallest absolute Gasteiger partial charge is 0.203 e. The molecule has 0 heterocycles. The van der Waals surface area contributed by atoms with Crippen LogP contribution in [-0.4, -0.2) is 19.5 Å². The quantitative estimate of drug-likeness (QED) is 0.775. The van der Waals surface area contributed by atoms with Gasteiger partial charge in [0.05, 0.1) is 12.7 Å². The Morgan fingerprint density at radius 2 is 1.68 bits per heavy atom. The SMILES string of the molecule is COc1ccccc1OCC(=O)c1ccccc1F. The fourth-order valence-electron chi connectivity index (χ4n) is 1.65. The van der Waals surface area contributed by atoms with Crippen LogP contribution < -0.4 is 9.47 Å². The Balaban J connectivity index is 2.07. The lowest BCUT2D eigenvalue weighted by atomic mass is 10.1. The van der Waals surface area contributed by atoms with Crippen molar-refractivity contribution in [3.8, 4) is 11.5 Å². The molecule has 0 saturated heterocycles. The molecule has 0 N–H and O–H groups in total. The number of hydrogen-bond acceptors (Lipinski definition) is 3. The van der Waals surface area contributed by atoms with Crippen LogP contribution in [0.4, 0.5) is 4.39 Å². The Kier molecular flexibility index (Phi) is 4.13. The highest BCUT2D eigenvalue weighted by atomic mass is 19.1. The van der Waals surface area contributed by atoms with Crippen LogP contribution in [0.15, 0.2) is 48.5 Å². The van der Waals surface area contributed by atoms with Crippen LogP contribution in [0.5, 0.6) is 11.5 Å². The molecule has 0 atom stereocenters. The van der Waals surface area contributed by atoms with E-state index in [9.17, 15) is 9.18 Å². The van der Waals surface area contributed by atoms with Crippen LogP contribution in [0.3, 0.4) is 0 Å². The molecule has 0 aromatic heterocycles. The highest BCUT2D eigenvalue weighted by molar-refractivity contribution is 5.97. The first-order valence-electron chi connectivity index (χ1n) is 5.76. The Labute approximate surface area is 110 Å². The summed E-state index contributed by atoms with van der Waals surface area (Å²) in [4.78, 5) is 11.8. The summed E-state index contributed by atoms with van der Waals surface area (Å²) in [6.45, 7) is -0.235. The molecular weight excluding hydrogens is 247 g/mol. The largest absolute Gasteiger partial charge is 0.493 e. The lowest BCUT2D eigenvalue weighted by molar-refractivity contribution is 0.0915. The van der Waals surface area contributed by atoms with Crippen molar-refractivity contribution in [3.63, 3.8) is 0 Å². The average Bonchev–Trinajstić information content (AvgIpc) is 2.45. The van der Waals surface area contributed by atoms with E-state index in [0.29, 0.717) is 11.5 Å². The average molecular weight is 260 g/mol. The first kappa shape index (κ1) is 13.1. The topological polar surface area (TPSA) is 35.5 Å². The second kappa shape index (κ2) is 6.00. The summed E-state index contributed by atoms with van der Waals surface area (Å²) < 4.78 is 23.9. The van der Waals surface area contributed by atoms with Crippen molar-refractivity contribution in [2.24, 2.45) is 0 Å². The molecule has 0 fully saturated rings. The van der Waals surface area contributed by atoms with Crippen molar-refractivity contribution in [1.82, 2.24) is 0 Å². The summed E-state index contributed by atoms with van der Waals surface area (Å²) in [5.74, 6) is 0.0265. The third-order valence-electron chi connectivity index (χ3n) is 2.60. The molecule has 2 rings (SSSR count). The van der Waals surface area contributed by atoms with E-state index < -0.39 is 11.6 Å². The molecule has 2 aromatic rings. The predicted molar refractivity (Wildman–Crippen MR) is 69.2 cm³/mol. The zero-order chi connectivity index (χ0) is 13.7. The molecule has 0 radical (unpaired) electrons. The molecule has 3 nitrogen and oxygen atoms in total. The number of methoxy groups -OCH3 is 1. The number of halogens is 1. The van der Waals surface area contributed by atoms with Gasteiger partial charge in [-0.1, -0.05) is 24.3 Å². The summed E-state index contributed by atoms with van der Waals surface area (Å²) in [5.41, 5.74) is 0.0254. The van der Waals surface area contributed by atoms with Gasteiger partial charge in [0.2, 0.25) is 5.78 Å². The Bertz CT molecular complexity index is 581. The van der Waals surface area contributed by atoms with Gasteiger partial charge in [-0.05, 0) is 24.3 Å². The fraction of sp³-hybridized carbons (Fsp3) is 0.133. The number of para-hydroxylation sites is 2. The van der Waals surface area contributed by atoms with E-state index in [-0.39, 0.29) is 12.2 Å². The Hall–Kier alpha value is -2.36. The number of carbonyl (C=O) groups excluding carboxylic acids is 1. The van der Waals surface area contributed by atoms with Gasteiger partial charge >= 0.3 is 0 Å². The summed E-state index contributed by atoms with van der Waals surface area (Å²) >= 11 is 0. The number of Topliss-reactive ketones (excluding diaryl/α,β-unsaturated/α-hetero) is 1. The molecule has 4 heteroatoms. The second-order valence-electron chi connectivity index (χ2n) is 3.84. The van der Waals surface area contributed by atoms with Crippen LogP contribution in [-0.2, 0) is 0 Å². The first-order chi connectivity index (χ1) is 9.22. The molecule has 0 unspecified atom stereocenters. The van der Waals surface area contributed by atoms with Crippen molar-refractivity contribution < 1.29 is 18.7 Å². The fourth-order valence-corrected chi connectivity index (χ4v) is 1.65. The number of rotatable bonds is 5. The highest BCUT2D eigenvalue weighted by Gasteiger charge is 2.12. The van der Waals surface area contributed by atoms with Crippen molar-refractivity contribution in [1.29, 1.82) is 0 Å². The minimum atomic E-state index is -0.545. The molecule has 0 aliphatic rings. The van der Waals surface area contributed by atoms with E-state index in [1.807, 2.05) is 0 Å². The van der Waals surface area contributed by atoms with Gasteiger partial charge in [-0.25, -0.2) is 4.39 Å². The summed E-state index contributed by atoms with van der Waals surface area (Å²) in [5, 5.41) is 0. The monoisotopic (exact) mass is 260 g/mol. The molecule has 0 aliphatic carbocycles. The zero-order valence-corrected chi connectivity index (χ0v) is 10.4. The molecule has 0 amide bonds. The van der Waals surface area contributed by atoms with E-state index in [4.69, 9.17) is 9.47 Å². The number of carbonyl (C=O) groups is 1. The van der Waals surface area contributed by atoms with Crippen LogP contribution in [0.1, 0.15) is 10.4 Å². The Morgan fingerprint density at radius 1 is 1.05 bits per heavy atom. The van der Waals surface area contributed by atoms with Crippen molar-refractivity contribution in [3.05, 3.63) is 59.9 Å². The molecule has 19 heavy (non-hydrogen) atoms. The normalized spacial score (nSPS) is 10.0. The predicted octanol–water partition coefficient (Wildman–Crippen LogP) is 3.10. The highest BCUT2D eigenvalue weighted by Crippen LogP contribution is 2.25. The van der Waals surface area contributed by atoms with Gasteiger partial charge in [-0.3, -0.25) is 4.79 Å². The van der Waals surface area contributed by atoms with Crippen LogP contribution in [0, 0.1) is 5.82 Å². The zero-order valence-electron chi connectivity index (χ0n) is 10.4. The van der Waals surface area contributed by atoms with Crippen LogP contribution >= 0.6 is 0 Å². The maximum atomic E-state index is 13.4.